The highest BCUT2D eigenvalue weighted by Gasteiger charge is 2.24. The Labute approximate surface area is 206 Å². The van der Waals surface area contributed by atoms with Gasteiger partial charge in [-0.05, 0) is 92.1 Å². The average molecular weight is 471 g/mol. The van der Waals surface area contributed by atoms with Gasteiger partial charge >= 0.3 is 0 Å². The molecular formula is C29H30N2O2S. The van der Waals surface area contributed by atoms with E-state index in [2.05, 4.69) is 17.3 Å². The van der Waals surface area contributed by atoms with Gasteiger partial charge in [0.1, 0.15) is 17.4 Å². The summed E-state index contributed by atoms with van der Waals surface area (Å²) in [6.45, 7) is 4.30. The van der Waals surface area contributed by atoms with Crippen LogP contribution in [-0.4, -0.2) is 18.7 Å². The number of aliphatic imine (C=N–C) groups is 1. The van der Waals surface area contributed by atoms with E-state index in [9.17, 15) is 4.79 Å². The Balaban J connectivity index is 1.65. The zero-order valence-electron chi connectivity index (χ0n) is 19.8. The lowest BCUT2D eigenvalue weighted by atomic mass is 9.96. The molecule has 5 heteroatoms. The summed E-state index contributed by atoms with van der Waals surface area (Å²) in [5, 5.41) is 3.95. The fourth-order valence-corrected chi connectivity index (χ4v) is 5.42. The Morgan fingerprint density at radius 1 is 1.12 bits per heavy atom. The van der Waals surface area contributed by atoms with Gasteiger partial charge in [-0.25, -0.2) is 4.99 Å². The van der Waals surface area contributed by atoms with E-state index in [1.54, 1.807) is 11.3 Å². The van der Waals surface area contributed by atoms with Crippen LogP contribution in [-0.2, 0) is 12.8 Å². The molecule has 1 aliphatic rings. The second-order valence-corrected chi connectivity index (χ2v) is 9.77. The number of carbonyl (C=O) groups is 1. The summed E-state index contributed by atoms with van der Waals surface area (Å²) < 4.78 is 5.45. The van der Waals surface area contributed by atoms with Crippen LogP contribution >= 0.6 is 11.3 Å². The van der Waals surface area contributed by atoms with Gasteiger partial charge in [0, 0.05) is 16.8 Å². The van der Waals surface area contributed by atoms with Crippen molar-refractivity contribution in [2.45, 2.75) is 52.4 Å². The minimum atomic E-state index is -0.0723. The number of terminal acetylenes is 1. The lowest BCUT2D eigenvalue weighted by Gasteiger charge is -2.13. The Morgan fingerprint density at radius 3 is 2.65 bits per heavy atom. The summed E-state index contributed by atoms with van der Waals surface area (Å²) in [5.74, 6) is 3.12. The molecule has 1 aromatic heterocycles. The quantitative estimate of drug-likeness (QED) is 0.310. The molecule has 1 N–H and O–H groups in total. The Morgan fingerprint density at radius 2 is 1.88 bits per heavy atom. The van der Waals surface area contributed by atoms with Crippen molar-refractivity contribution >= 4 is 34.1 Å². The largest absolute Gasteiger partial charge is 0.481 e. The van der Waals surface area contributed by atoms with E-state index in [-0.39, 0.29) is 12.5 Å². The van der Waals surface area contributed by atoms with Gasteiger partial charge in [-0.3, -0.25) is 4.79 Å². The highest BCUT2D eigenvalue weighted by Crippen LogP contribution is 2.39. The molecule has 0 fully saturated rings. The van der Waals surface area contributed by atoms with Gasteiger partial charge in [-0.15, -0.1) is 17.8 Å². The van der Waals surface area contributed by atoms with Gasteiger partial charge < -0.3 is 10.1 Å². The summed E-state index contributed by atoms with van der Waals surface area (Å²) >= 11 is 1.66. The molecule has 34 heavy (non-hydrogen) atoms. The van der Waals surface area contributed by atoms with Crippen LogP contribution in [0, 0.1) is 26.2 Å². The zero-order valence-corrected chi connectivity index (χ0v) is 20.6. The molecule has 174 valence electrons. The normalized spacial score (nSPS) is 13.6. The van der Waals surface area contributed by atoms with Gasteiger partial charge in [-0.2, -0.15) is 0 Å². The maximum Gasteiger partial charge on any atom is 0.259 e. The van der Waals surface area contributed by atoms with Crippen molar-refractivity contribution in [3.05, 3.63) is 75.2 Å². The predicted molar refractivity (Wildman–Crippen MR) is 142 cm³/mol. The summed E-state index contributed by atoms with van der Waals surface area (Å²) in [6, 6.07) is 13.8. The molecule has 4 rings (SSSR count). The molecule has 0 atom stereocenters. The van der Waals surface area contributed by atoms with Crippen LogP contribution < -0.4 is 10.1 Å². The summed E-state index contributed by atoms with van der Waals surface area (Å²) in [4.78, 5) is 19.7. The standard InChI is InChI=1S/C29H30N2O2S/c1-4-17-33-23-15-13-22(14-16-23)19-30-29-27(24-9-7-5-6-8-10-26(24)34-29)28(32)31-25-18-20(2)11-12-21(25)3/h1,11-16,18-19H,5-10,17H2,2-3H3,(H,31,32). The SMILES string of the molecule is C#CCOc1ccc(C=Nc2sc3c(c2C(=O)Nc2cc(C)ccc2C)CCCCCC3)cc1. The number of rotatable bonds is 6. The second-order valence-electron chi connectivity index (χ2n) is 8.69. The number of thiophene rings is 1. The third-order valence-electron chi connectivity index (χ3n) is 6.05. The summed E-state index contributed by atoms with van der Waals surface area (Å²) in [6.07, 6.45) is 13.7. The lowest BCUT2D eigenvalue weighted by molar-refractivity contribution is 0.102. The second kappa shape index (κ2) is 11.2. The molecule has 0 spiro atoms. The maximum absolute atomic E-state index is 13.6. The van der Waals surface area contributed by atoms with Crippen molar-refractivity contribution in [3.63, 3.8) is 0 Å². The third kappa shape index (κ3) is 5.76. The molecule has 1 heterocycles. The first kappa shape index (κ1) is 23.8. The first-order valence-corrected chi connectivity index (χ1v) is 12.6. The molecule has 0 saturated carbocycles. The number of aryl methyl sites for hydroxylation is 3. The third-order valence-corrected chi connectivity index (χ3v) is 7.25. The van der Waals surface area contributed by atoms with Crippen molar-refractivity contribution in [2.24, 2.45) is 4.99 Å². The molecule has 1 aliphatic carbocycles. The predicted octanol–water partition coefficient (Wildman–Crippen LogP) is 7.04. The van der Waals surface area contributed by atoms with E-state index in [0.29, 0.717) is 0 Å². The number of fused-ring (bicyclic) bond motifs is 1. The van der Waals surface area contributed by atoms with Crippen LogP contribution in [0.4, 0.5) is 10.7 Å². The highest BCUT2D eigenvalue weighted by molar-refractivity contribution is 7.16. The van der Waals surface area contributed by atoms with Crippen molar-refractivity contribution < 1.29 is 9.53 Å². The molecule has 2 aromatic carbocycles. The monoisotopic (exact) mass is 470 g/mol. The minimum absolute atomic E-state index is 0.0723. The van der Waals surface area contributed by atoms with Crippen LogP contribution in [0.15, 0.2) is 47.5 Å². The van der Waals surface area contributed by atoms with E-state index in [1.807, 2.05) is 56.5 Å². The maximum atomic E-state index is 13.6. The average Bonchev–Trinajstić information content (AvgIpc) is 3.15. The molecule has 0 saturated heterocycles. The number of hydrogen-bond donors (Lipinski definition) is 1. The summed E-state index contributed by atoms with van der Waals surface area (Å²) in [7, 11) is 0. The first-order valence-electron chi connectivity index (χ1n) is 11.8. The zero-order chi connectivity index (χ0) is 23.9. The highest BCUT2D eigenvalue weighted by atomic mass is 32.1. The first-order chi connectivity index (χ1) is 16.5. The number of nitrogens with zero attached hydrogens (tertiary/aromatic N) is 1. The smallest absolute Gasteiger partial charge is 0.259 e. The molecule has 0 unspecified atom stereocenters. The summed E-state index contributed by atoms with van der Waals surface area (Å²) in [5.41, 5.74) is 5.87. The minimum Gasteiger partial charge on any atom is -0.481 e. The van der Waals surface area contributed by atoms with Gasteiger partial charge in [0.2, 0.25) is 0 Å². The number of ether oxygens (including phenoxy) is 1. The van der Waals surface area contributed by atoms with Crippen molar-refractivity contribution in [3.8, 4) is 18.1 Å². The molecule has 0 radical (unpaired) electrons. The number of benzene rings is 2. The van der Waals surface area contributed by atoms with E-state index >= 15 is 0 Å². The van der Waals surface area contributed by atoms with Crippen LogP contribution in [0.1, 0.15) is 63.2 Å². The number of nitrogens with one attached hydrogen (secondary N) is 1. The van der Waals surface area contributed by atoms with Gasteiger partial charge in [0.25, 0.3) is 5.91 Å². The number of carbonyl (C=O) groups excluding carboxylic acids is 1. The van der Waals surface area contributed by atoms with Gasteiger partial charge in [-0.1, -0.05) is 30.9 Å². The van der Waals surface area contributed by atoms with E-state index in [4.69, 9.17) is 16.2 Å². The molecule has 0 bridgehead atoms. The molecular weight excluding hydrogens is 440 g/mol. The van der Waals surface area contributed by atoms with Crippen LogP contribution in [0.2, 0.25) is 0 Å². The Bertz CT molecular complexity index is 1230. The molecule has 0 aliphatic heterocycles. The fourth-order valence-electron chi connectivity index (χ4n) is 4.19. The molecule has 1 amide bonds. The topological polar surface area (TPSA) is 50.7 Å². The molecule has 3 aromatic rings. The Hall–Kier alpha value is -3.36. The van der Waals surface area contributed by atoms with Gasteiger partial charge in [0.05, 0.1) is 5.56 Å². The van der Waals surface area contributed by atoms with Crippen molar-refractivity contribution in [1.82, 2.24) is 0 Å². The van der Waals surface area contributed by atoms with E-state index in [1.165, 1.54) is 23.3 Å². The fraction of sp³-hybridized carbons (Fsp3) is 0.310. The number of anilines is 1. The van der Waals surface area contributed by atoms with Crippen LogP contribution in [0.25, 0.3) is 0 Å². The van der Waals surface area contributed by atoms with Crippen molar-refractivity contribution in [1.29, 1.82) is 0 Å². The van der Waals surface area contributed by atoms with E-state index < -0.39 is 0 Å². The van der Waals surface area contributed by atoms with Crippen LogP contribution in [0.3, 0.4) is 0 Å². The number of hydrogen-bond acceptors (Lipinski definition) is 4. The van der Waals surface area contributed by atoms with Crippen LogP contribution in [0.5, 0.6) is 5.75 Å². The molecule has 4 nitrogen and oxygen atoms in total. The number of amides is 1. The van der Waals surface area contributed by atoms with E-state index in [0.717, 1.165) is 64.4 Å². The van der Waals surface area contributed by atoms with Crippen molar-refractivity contribution in [2.75, 3.05) is 11.9 Å². The Kier molecular flexibility index (Phi) is 7.82. The lowest BCUT2D eigenvalue weighted by Crippen LogP contribution is -2.15. The van der Waals surface area contributed by atoms with Gasteiger partial charge in [0.15, 0.2) is 0 Å².